The smallest absolute Gasteiger partial charge is 0.103 e. The van der Waals surface area contributed by atoms with Crippen molar-refractivity contribution in [3.63, 3.8) is 0 Å². The van der Waals surface area contributed by atoms with Gasteiger partial charge in [0.2, 0.25) is 0 Å². The molecule has 0 radical (unpaired) electrons. The number of aryl methyl sites for hydroxylation is 1. The molecule has 2 heterocycles. The maximum atomic E-state index is 4.96. The highest BCUT2D eigenvalue weighted by Crippen LogP contribution is 2.25. The molecule has 4 aromatic rings. The summed E-state index contributed by atoms with van der Waals surface area (Å²) in [5, 5.41) is 9.80. The van der Waals surface area contributed by atoms with Crippen molar-refractivity contribution in [1.29, 1.82) is 0 Å². The molecule has 0 amide bonds. The zero-order valence-electron chi connectivity index (χ0n) is 16.2. The van der Waals surface area contributed by atoms with Crippen molar-refractivity contribution in [2.75, 3.05) is 0 Å². The van der Waals surface area contributed by atoms with Gasteiger partial charge < -0.3 is 0 Å². The minimum Gasteiger partial charge on any atom is -0.274 e. The molecule has 2 aromatic carbocycles. The van der Waals surface area contributed by atoms with E-state index in [1.807, 2.05) is 78.7 Å². The van der Waals surface area contributed by atoms with Gasteiger partial charge in [-0.1, -0.05) is 61.7 Å². The first kappa shape index (κ1) is 18.4. The van der Waals surface area contributed by atoms with Crippen LogP contribution in [0.5, 0.6) is 0 Å². The van der Waals surface area contributed by atoms with Gasteiger partial charge in [-0.25, -0.2) is 9.67 Å². The summed E-state index contributed by atoms with van der Waals surface area (Å²) in [6.45, 7) is 7.76. The molecule has 142 valence electrons. The lowest BCUT2D eigenvalue weighted by molar-refractivity contribution is 0.766. The van der Waals surface area contributed by atoms with Crippen molar-refractivity contribution in [3.8, 4) is 5.69 Å². The standard InChI is InChI=1S/C24H21N5/c1-4-9-18(5-2)24(19-10-7-6-8-11-19)27-21-13-12-20-15-26-29(23(20)14-21)22-16-25-28(3)17-22/h4-17H,1-2H2,3H3/b18-9+,27-24?. The molecule has 0 unspecified atom stereocenters. The summed E-state index contributed by atoms with van der Waals surface area (Å²) in [5.74, 6) is 0. The zero-order chi connectivity index (χ0) is 20.2. The Morgan fingerprint density at radius 2 is 1.86 bits per heavy atom. The Hall–Kier alpha value is -3.99. The molecule has 0 aliphatic heterocycles. The fraction of sp³-hybridized carbons (Fsp3) is 0.0417. The monoisotopic (exact) mass is 379 g/mol. The summed E-state index contributed by atoms with van der Waals surface area (Å²) in [5.41, 5.74) is 5.48. The highest BCUT2D eigenvalue weighted by Gasteiger charge is 2.10. The highest BCUT2D eigenvalue weighted by atomic mass is 15.3. The molecule has 0 aliphatic carbocycles. The van der Waals surface area contributed by atoms with Crippen molar-refractivity contribution < 1.29 is 0 Å². The molecule has 29 heavy (non-hydrogen) atoms. The summed E-state index contributed by atoms with van der Waals surface area (Å²) in [6.07, 6.45) is 11.0. The second kappa shape index (κ2) is 7.94. The average Bonchev–Trinajstić information content (AvgIpc) is 3.36. The molecular weight excluding hydrogens is 358 g/mol. The number of hydrogen-bond acceptors (Lipinski definition) is 3. The van der Waals surface area contributed by atoms with Crippen LogP contribution in [0.2, 0.25) is 0 Å². The SMILES string of the molecule is C=C/C=C(\C=C)C(=Nc1ccc2cnn(-c3cnn(C)c3)c2c1)c1ccccc1. The molecule has 0 spiro atoms. The number of nitrogens with zero attached hydrogens (tertiary/aromatic N) is 5. The molecule has 0 N–H and O–H groups in total. The summed E-state index contributed by atoms with van der Waals surface area (Å²) < 4.78 is 3.63. The van der Waals surface area contributed by atoms with Crippen molar-refractivity contribution >= 4 is 22.3 Å². The number of rotatable bonds is 6. The van der Waals surface area contributed by atoms with Crippen LogP contribution in [0.3, 0.4) is 0 Å². The van der Waals surface area contributed by atoms with Crippen molar-refractivity contribution in [3.05, 3.63) is 110 Å². The molecular formula is C24H21N5. The van der Waals surface area contributed by atoms with E-state index in [0.29, 0.717) is 0 Å². The third-order valence-corrected chi connectivity index (χ3v) is 4.57. The molecule has 2 aromatic heterocycles. The number of allylic oxidation sites excluding steroid dienone is 4. The van der Waals surface area contributed by atoms with E-state index < -0.39 is 0 Å². The number of aromatic nitrogens is 4. The Morgan fingerprint density at radius 3 is 2.55 bits per heavy atom. The van der Waals surface area contributed by atoms with Crippen LogP contribution in [0.15, 0.2) is 109 Å². The van der Waals surface area contributed by atoms with Gasteiger partial charge in [0, 0.05) is 23.6 Å². The fourth-order valence-electron chi connectivity index (χ4n) is 3.19. The first-order valence-corrected chi connectivity index (χ1v) is 9.26. The Balaban J connectivity index is 1.87. The van der Waals surface area contributed by atoms with Crippen LogP contribution in [0, 0.1) is 0 Å². The van der Waals surface area contributed by atoms with E-state index in [0.717, 1.165) is 39.1 Å². The minimum atomic E-state index is 0.832. The van der Waals surface area contributed by atoms with E-state index in [2.05, 4.69) is 23.4 Å². The molecule has 5 nitrogen and oxygen atoms in total. The van der Waals surface area contributed by atoms with Gasteiger partial charge in [0.1, 0.15) is 5.69 Å². The van der Waals surface area contributed by atoms with Crippen LogP contribution in [0.25, 0.3) is 16.6 Å². The van der Waals surface area contributed by atoms with Crippen molar-refractivity contribution in [1.82, 2.24) is 19.6 Å². The minimum absolute atomic E-state index is 0.832. The van der Waals surface area contributed by atoms with Crippen molar-refractivity contribution in [2.45, 2.75) is 0 Å². The second-order valence-electron chi connectivity index (χ2n) is 6.56. The summed E-state index contributed by atoms with van der Waals surface area (Å²) in [4.78, 5) is 4.96. The van der Waals surface area contributed by atoms with Crippen LogP contribution in [-0.4, -0.2) is 25.3 Å². The van der Waals surface area contributed by atoms with Gasteiger partial charge in [0.15, 0.2) is 0 Å². The van der Waals surface area contributed by atoms with Crippen LogP contribution in [0.4, 0.5) is 5.69 Å². The van der Waals surface area contributed by atoms with E-state index in [-0.39, 0.29) is 0 Å². The first-order valence-electron chi connectivity index (χ1n) is 9.26. The number of hydrogen-bond donors (Lipinski definition) is 0. The third kappa shape index (κ3) is 3.71. The Morgan fingerprint density at radius 1 is 1.03 bits per heavy atom. The van der Waals surface area contributed by atoms with E-state index in [1.165, 1.54) is 0 Å². The normalized spacial score (nSPS) is 12.3. The first-order chi connectivity index (χ1) is 14.2. The van der Waals surface area contributed by atoms with Crippen LogP contribution < -0.4 is 0 Å². The van der Waals surface area contributed by atoms with Gasteiger partial charge in [-0.2, -0.15) is 10.2 Å². The fourth-order valence-corrected chi connectivity index (χ4v) is 3.19. The van der Waals surface area contributed by atoms with Gasteiger partial charge in [-0.3, -0.25) is 4.68 Å². The molecule has 0 saturated heterocycles. The van der Waals surface area contributed by atoms with Crippen LogP contribution in [0.1, 0.15) is 5.56 Å². The zero-order valence-corrected chi connectivity index (χ0v) is 16.2. The maximum Gasteiger partial charge on any atom is 0.103 e. The third-order valence-electron chi connectivity index (χ3n) is 4.57. The molecule has 4 rings (SSSR count). The van der Waals surface area contributed by atoms with Crippen LogP contribution >= 0.6 is 0 Å². The molecule has 5 heteroatoms. The lowest BCUT2D eigenvalue weighted by Gasteiger charge is -2.09. The lowest BCUT2D eigenvalue weighted by Crippen LogP contribution is -2.03. The molecule has 0 aliphatic rings. The highest BCUT2D eigenvalue weighted by molar-refractivity contribution is 6.15. The Kier molecular flexibility index (Phi) is 5.03. The average molecular weight is 379 g/mol. The van der Waals surface area contributed by atoms with Gasteiger partial charge in [0.25, 0.3) is 0 Å². The summed E-state index contributed by atoms with van der Waals surface area (Å²) >= 11 is 0. The lowest BCUT2D eigenvalue weighted by atomic mass is 10.0. The largest absolute Gasteiger partial charge is 0.274 e. The second-order valence-corrected chi connectivity index (χ2v) is 6.56. The van der Waals surface area contributed by atoms with Gasteiger partial charge in [-0.15, -0.1) is 0 Å². The Bertz CT molecular complexity index is 1240. The Labute approximate surface area is 169 Å². The molecule has 0 fully saturated rings. The topological polar surface area (TPSA) is 48.0 Å². The quantitative estimate of drug-likeness (QED) is 0.342. The molecule has 0 bridgehead atoms. The van der Waals surface area contributed by atoms with E-state index in [4.69, 9.17) is 4.99 Å². The molecule has 0 atom stereocenters. The van der Waals surface area contributed by atoms with Gasteiger partial charge in [0.05, 0.1) is 35.5 Å². The maximum absolute atomic E-state index is 4.96. The number of benzene rings is 2. The van der Waals surface area contributed by atoms with E-state index in [9.17, 15) is 0 Å². The number of fused-ring (bicyclic) bond motifs is 1. The molecule has 0 saturated carbocycles. The van der Waals surface area contributed by atoms with Crippen molar-refractivity contribution in [2.24, 2.45) is 12.0 Å². The predicted molar refractivity (Wildman–Crippen MR) is 119 cm³/mol. The predicted octanol–water partition coefficient (Wildman–Crippen LogP) is 5.18. The van der Waals surface area contributed by atoms with E-state index in [1.54, 1.807) is 23.0 Å². The van der Waals surface area contributed by atoms with Crippen LogP contribution in [-0.2, 0) is 7.05 Å². The van der Waals surface area contributed by atoms with Gasteiger partial charge >= 0.3 is 0 Å². The van der Waals surface area contributed by atoms with E-state index >= 15 is 0 Å². The van der Waals surface area contributed by atoms with Gasteiger partial charge in [-0.05, 0) is 18.2 Å². The summed E-state index contributed by atoms with van der Waals surface area (Å²) in [7, 11) is 1.89. The summed E-state index contributed by atoms with van der Waals surface area (Å²) in [6, 6.07) is 16.1. The number of aliphatic imine (C=N–C) groups is 1.